The van der Waals surface area contributed by atoms with Gasteiger partial charge in [0.2, 0.25) is 21.8 Å². The van der Waals surface area contributed by atoms with Crippen LogP contribution in [0.3, 0.4) is 0 Å². The molecule has 0 bridgehead atoms. The Morgan fingerprint density at radius 3 is 2.26 bits per heavy atom. The fourth-order valence-electron chi connectivity index (χ4n) is 4.21. The van der Waals surface area contributed by atoms with Crippen molar-refractivity contribution >= 4 is 21.8 Å². The molecule has 0 unspecified atom stereocenters. The van der Waals surface area contributed by atoms with Crippen LogP contribution in [-0.2, 0) is 19.6 Å². The van der Waals surface area contributed by atoms with Gasteiger partial charge in [-0.2, -0.15) is 9.57 Å². The number of hydrogen-bond acceptors (Lipinski definition) is 5. The van der Waals surface area contributed by atoms with Gasteiger partial charge >= 0.3 is 0 Å². The van der Waals surface area contributed by atoms with Crippen molar-refractivity contribution in [1.29, 1.82) is 5.26 Å². The highest BCUT2D eigenvalue weighted by atomic mass is 32.2. The minimum atomic E-state index is -3.76. The van der Waals surface area contributed by atoms with E-state index in [2.05, 4.69) is 5.32 Å². The molecular formula is C22H30N4O4S. The SMILES string of the molecule is CC(C)C(=O)N1CCC(NC(=O)C2CCN(S(=O)(=O)c3ccccc3C#N)CC2)CC1. The average Bonchev–Trinajstić information content (AvgIpc) is 2.79. The van der Waals surface area contributed by atoms with Gasteiger partial charge in [0.25, 0.3) is 0 Å². The Bertz CT molecular complexity index is 954. The first-order valence-electron chi connectivity index (χ1n) is 10.8. The summed E-state index contributed by atoms with van der Waals surface area (Å²) in [4.78, 5) is 26.7. The number of carbonyl (C=O) groups excluding carboxylic acids is 2. The van der Waals surface area contributed by atoms with E-state index < -0.39 is 10.0 Å². The number of nitrogens with zero attached hydrogens (tertiary/aromatic N) is 3. The van der Waals surface area contributed by atoms with Crippen LogP contribution in [0.25, 0.3) is 0 Å². The Kier molecular flexibility index (Phi) is 7.34. The van der Waals surface area contributed by atoms with Gasteiger partial charge in [0.15, 0.2) is 0 Å². The zero-order valence-electron chi connectivity index (χ0n) is 18.1. The molecule has 168 valence electrons. The molecule has 2 heterocycles. The molecule has 9 heteroatoms. The molecule has 2 aliphatic heterocycles. The lowest BCUT2D eigenvalue weighted by atomic mass is 9.95. The van der Waals surface area contributed by atoms with E-state index in [1.54, 1.807) is 12.1 Å². The van der Waals surface area contributed by atoms with Crippen LogP contribution in [0.5, 0.6) is 0 Å². The van der Waals surface area contributed by atoms with Crippen LogP contribution in [0, 0.1) is 23.2 Å². The molecule has 0 spiro atoms. The summed E-state index contributed by atoms with van der Waals surface area (Å²) < 4.78 is 27.2. The molecule has 1 aromatic carbocycles. The highest BCUT2D eigenvalue weighted by Crippen LogP contribution is 2.26. The second-order valence-corrected chi connectivity index (χ2v) is 10.5. The lowest BCUT2D eigenvalue weighted by Gasteiger charge is -2.35. The van der Waals surface area contributed by atoms with Crippen molar-refractivity contribution in [3.63, 3.8) is 0 Å². The predicted molar refractivity (Wildman–Crippen MR) is 115 cm³/mol. The molecule has 0 radical (unpaired) electrons. The van der Waals surface area contributed by atoms with Crippen molar-refractivity contribution < 1.29 is 18.0 Å². The molecule has 1 N–H and O–H groups in total. The third-order valence-electron chi connectivity index (χ3n) is 6.10. The zero-order chi connectivity index (χ0) is 22.6. The molecule has 2 aliphatic rings. The molecule has 0 aliphatic carbocycles. The maximum atomic E-state index is 12.9. The summed E-state index contributed by atoms with van der Waals surface area (Å²) in [5, 5.41) is 12.3. The van der Waals surface area contributed by atoms with E-state index in [1.165, 1.54) is 16.4 Å². The van der Waals surface area contributed by atoms with Gasteiger partial charge in [-0.3, -0.25) is 9.59 Å². The third-order valence-corrected chi connectivity index (χ3v) is 8.05. The highest BCUT2D eigenvalue weighted by Gasteiger charge is 2.34. The van der Waals surface area contributed by atoms with E-state index in [9.17, 15) is 23.3 Å². The number of nitriles is 1. The smallest absolute Gasteiger partial charge is 0.244 e. The quantitative estimate of drug-likeness (QED) is 0.740. The number of amides is 2. The van der Waals surface area contributed by atoms with Crippen LogP contribution >= 0.6 is 0 Å². The van der Waals surface area contributed by atoms with Gasteiger partial charge in [-0.25, -0.2) is 8.42 Å². The summed E-state index contributed by atoms with van der Waals surface area (Å²) in [6.07, 6.45) is 2.37. The zero-order valence-corrected chi connectivity index (χ0v) is 18.9. The van der Waals surface area contributed by atoms with Crippen LogP contribution in [0.15, 0.2) is 29.2 Å². The maximum absolute atomic E-state index is 12.9. The number of nitrogens with one attached hydrogen (secondary N) is 1. The van der Waals surface area contributed by atoms with E-state index >= 15 is 0 Å². The van der Waals surface area contributed by atoms with Gasteiger partial charge in [0, 0.05) is 44.1 Å². The van der Waals surface area contributed by atoms with Crippen LogP contribution in [0.1, 0.15) is 45.1 Å². The summed E-state index contributed by atoms with van der Waals surface area (Å²) in [7, 11) is -3.76. The molecule has 0 saturated carbocycles. The lowest BCUT2D eigenvalue weighted by molar-refractivity contribution is -0.135. The molecular weight excluding hydrogens is 416 g/mol. The van der Waals surface area contributed by atoms with Gasteiger partial charge in [0.1, 0.15) is 6.07 Å². The van der Waals surface area contributed by atoms with E-state index in [0.29, 0.717) is 25.9 Å². The summed E-state index contributed by atoms with van der Waals surface area (Å²) in [6, 6.07) is 8.17. The maximum Gasteiger partial charge on any atom is 0.244 e. The summed E-state index contributed by atoms with van der Waals surface area (Å²) in [5.74, 6) is -0.139. The molecule has 31 heavy (non-hydrogen) atoms. The fourth-order valence-corrected chi connectivity index (χ4v) is 5.82. The third kappa shape index (κ3) is 5.25. The highest BCUT2D eigenvalue weighted by molar-refractivity contribution is 7.89. The van der Waals surface area contributed by atoms with Crippen molar-refractivity contribution in [3.8, 4) is 6.07 Å². The normalized spacial score (nSPS) is 19.2. The molecule has 2 saturated heterocycles. The first-order chi connectivity index (χ1) is 14.7. The second kappa shape index (κ2) is 9.79. The standard InChI is InChI=1S/C22H30N4O4S/c1-16(2)22(28)25-11-9-19(10-12-25)24-21(27)17-7-13-26(14-8-17)31(29,30)20-6-4-3-5-18(20)15-23/h3-6,16-17,19H,7-14H2,1-2H3,(H,24,27). The van der Waals surface area contributed by atoms with Gasteiger partial charge in [-0.15, -0.1) is 0 Å². The van der Waals surface area contributed by atoms with Gasteiger partial charge in [-0.05, 0) is 37.8 Å². The summed E-state index contributed by atoms with van der Waals surface area (Å²) in [6.45, 7) is 5.58. The van der Waals surface area contributed by atoms with E-state index in [1.807, 2.05) is 24.8 Å². The molecule has 2 fully saturated rings. The number of hydrogen-bond donors (Lipinski definition) is 1. The first-order valence-corrected chi connectivity index (χ1v) is 12.3. The number of sulfonamides is 1. The van der Waals surface area contributed by atoms with E-state index in [-0.39, 0.29) is 53.2 Å². The minimum Gasteiger partial charge on any atom is -0.353 e. The predicted octanol–water partition coefficient (Wildman–Crippen LogP) is 1.72. The topological polar surface area (TPSA) is 111 Å². The largest absolute Gasteiger partial charge is 0.353 e. The number of carbonyl (C=O) groups is 2. The molecule has 2 amide bonds. The number of rotatable bonds is 5. The van der Waals surface area contributed by atoms with Crippen molar-refractivity contribution in [2.24, 2.45) is 11.8 Å². The molecule has 0 aromatic heterocycles. The Morgan fingerprint density at radius 1 is 1.06 bits per heavy atom. The van der Waals surface area contributed by atoms with Crippen LogP contribution < -0.4 is 5.32 Å². The molecule has 1 aromatic rings. The van der Waals surface area contributed by atoms with Crippen LogP contribution in [-0.4, -0.2) is 61.7 Å². The summed E-state index contributed by atoms with van der Waals surface area (Å²) in [5.41, 5.74) is 0.129. The van der Waals surface area contributed by atoms with Crippen molar-refractivity contribution in [2.75, 3.05) is 26.2 Å². The number of likely N-dealkylation sites (tertiary alicyclic amines) is 1. The minimum absolute atomic E-state index is 0.0168. The number of benzene rings is 1. The summed E-state index contributed by atoms with van der Waals surface area (Å²) >= 11 is 0. The van der Waals surface area contributed by atoms with Gasteiger partial charge < -0.3 is 10.2 Å². The Hall–Kier alpha value is -2.44. The van der Waals surface area contributed by atoms with Crippen LogP contribution in [0.4, 0.5) is 0 Å². The van der Waals surface area contributed by atoms with E-state index in [4.69, 9.17) is 0 Å². The Morgan fingerprint density at radius 2 is 1.68 bits per heavy atom. The number of piperidine rings is 2. The van der Waals surface area contributed by atoms with Crippen molar-refractivity contribution in [3.05, 3.63) is 29.8 Å². The Labute approximate surface area is 184 Å². The van der Waals surface area contributed by atoms with Gasteiger partial charge in [0.05, 0.1) is 10.5 Å². The van der Waals surface area contributed by atoms with E-state index in [0.717, 1.165) is 12.8 Å². The monoisotopic (exact) mass is 446 g/mol. The molecule has 0 atom stereocenters. The van der Waals surface area contributed by atoms with Crippen molar-refractivity contribution in [2.45, 2.75) is 50.5 Å². The fraction of sp³-hybridized carbons (Fsp3) is 0.591. The van der Waals surface area contributed by atoms with Gasteiger partial charge in [-0.1, -0.05) is 26.0 Å². The first kappa shape index (κ1) is 23.2. The molecule has 8 nitrogen and oxygen atoms in total. The second-order valence-electron chi connectivity index (χ2n) is 8.55. The molecule has 3 rings (SSSR count). The van der Waals surface area contributed by atoms with Crippen molar-refractivity contribution in [1.82, 2.24) is 14.5 Å². The van der Waals surface area contributed by atoms with Crippen LogP contribution in [0.2, 0.25) is 0 Å². The Balaban J connectivity index is 1.51. The average molecular weight is 447 g/mol. The lowest BCUT2D eigenvalue weighted by Crippen LogP contribution is -2.50.